The van der Waals surface area contributed by atoms with Gasteiger partial charge in [-0.1, -0.05) is 18.2 Å². The highest BCUT2D eigenvalue weighted by Gasteiger charge is 2.27. The lowest BCUT2D eigenvalue weighted by molar-refractivity contribution is -0.137. The van der Waals surface area contributed by atoms with Gasteiger partial charge in [-0.2, -0.15) is 5.10 Å². The number of hydrogen-bond acceptors (Lipinski definition) is 6. The number of likely N-dealkylation sites (tertiary alicyclic amines) is 1. The Bertz CT molecular complexity index is 1120. The molecule has 0 radical (unpaired) electrons. The quantitative estimate of drug-likeness (QED) is 0.504. The number of aromatic nitrogens is 4. The smallest absolute Gasteiger partial charge is 0.304 e. The van der Waals surface area contributed by atoms with Crippen LogP contribution in [0.25, 0.3) is 5.69 Å². The average Bonchev–Trinajstić information content (AvgIpc) is 3.55. The lowest BCUT2D eigenvalue weighted by Crippen LogP contribution is -2.28. The number of aliphatic carboxylic acids is 1. The molecule has 34 heavy (non-hydrogen) atoms. The predicted octanol–water partition coefficient (Wildman–Crippen LogP) is 3.53. The first kappa shape index (κ1) is 22.5. The third kappa shape index (κ3) is 5.44. The van der Waals surface area contributed by atoms with Gasteiger partial charge in [0.05, 0.1) is 12.1 Å². The summed E-state index contributed by atoms with van der Waals surface area (Å²) in [6.45, 7) is 3.80. The molecule has 2 aromatic heterocycles. The van der Waals surface area contributed by atoms with Gasteiger partial charge in [-0.3, -0.25) is 4.79 Å². The molecule has 3 aromatic rings. The molecule has 2 aliphatic rings. The SMILES string of the molecule is O=C(O)CC(CN1CCC(CCc2ccc3c(n2)NCCC3)C1)c1cccc(-n2cncn2)c1. The van der Waals surface area contributed by atoms with Crippen molar-refractivity contribution in [1.82, 2.24) is 24.6 Å². The summed E-state index contributed by atoms with van der Waals surface area (Å²) in [6, 6.07) is 12.4. The van der Waals surface area contributed by atoms with Crippen LogP contribution in [0.15, 0.2) is 49.1 Å². The molecular weight excluding hydrogens is 428 g/mol. The molecule has 8 nitrogen and oxygen atoms in total. The summed E-state index contributed by atoms with van der Waals surface area (Å²) in [4.78, 5) is 22.9. The summed E-state index contributed by atoms with van der Waals surface area (Å²) in [5.74, 6) is 0.867. The van der Waals surface area contributed by atoms with E-state index in [4.69, 9.17) is 4.98 Å². The molecule has 0 aliphatic carbocycles. The standard InChI is InChI=1S/C26H32N6O2/c33-25(34)14-22(21-3-1-5-24(13-21)32-18-27-17-29-32)16-31-12-10-19(15-31)6-8-23-9-7-20-4-2-11-28-26(20)30-23/h1,3,5,7,9,13,17-19,22H,2,4,6,8,10-12,14-16H2,(H,28,30)(H,33,34). The second-order valence-electron chi connectivity index (χ2n) is 9.52. The second kappa shape index (κ2) is 10.3. The number of fused-ring (bicyclic) bond motifs is 1. The Labute approximate surface area is 200 Å². The van der Waals surface area contributed by atoms with Crippen LogP contribution in [0.2, 0.25) is 0 Å². The number of carboxylic acids is 1. The first-order valence-electron chi connectivity index (χ1n) is 12.3. The van der Waals surface area contributed by atoms with Crippen molar-refractivity contribution in [2.45, 2.75) is 44.4 Å². The monoisotopic (exact) mass is 460 g/mol. The molecule has 8 heteroatoms. The third-order valence-electron chi connectivity index (χ3n) is 7.06. The first-order chi connectivity index (χ1) is 16.6. The zero-order valence-electron chi connectivity index (χ0n) is 19.4. The summed E-state index contributed by atoms with van der Waals surface area (Å²) in [5, 5.41) is 17.2. The van der Waals surface area contributed by atoms with Crippen LogP contribution in [0.5, 0.6) is 0 Å². The van der Waals surface area contributed by atoms with E-state index in [1.54, 1.807) is 11.0 Å². The van der Waals surface area contributed by atoms with Gasteiger partial charge in [-0.25, -0.2) is 14.6 Å². The summed E-state index contributed by atoms with van der Waals surface area (Å²) in [6.07, 6.45) is 8.84. The molecule has 0 amide bonds. The van der Waals surface area contributed by atoms with E-state index in [-0.39, 0.29) is 12.3 Å². The summed E-state index contributed by atoms with van der Waals surface area (Å²) >= 11 is 0. The van der Waals surface area contributed by atoms with E-state index in [0.717, 1.165) is 68.9 Å². The fourth-order valence-electron chi connectivity index (χ4n) is 5.25. The summed E-state index contributed by atoms with van der Waals surface area (Å²) in [5.41, 5.74) is 4.43. The van der Waals surface area contributed by atoms with Gasteiger partial charge in [0.1, 0.15) is 18.5 Å². The van der Waals surface area contributed by atoms with Crippen LogP contribution in [0.1, 0.15) is 48.4 Å². The Kier molecular flexibility index (Phi) is 6.85. The van der Waals surface area contributed by atoms with Crippen molar-refractivity contribution in [2.75, 3.05) is 31.5 Å². The van der Waals surface area contributed by atoms with Gasteiger partial charge in [0, 0.05) is 31.2 Å². The van der Waals surface area contributed by atoms with E-state index in [1.165, 1.54) is 24.0 Å². The maximum Gasteiger partial charge on any atom is 0.304 e. The number of pyridine rings is 1. The van der Waals surface area contributed by atoms with Crippen molar-refractivity contribution in [3.63, 3.8) is 0 Å². The number of nitrogens with one attached hydrogen (secondary N) is 1. The molecule has 1 saturated heterocycles. The topological polar surface area (TPSA) is 96.2 Å². The van der Waals surface area contributed by atoms with Crippen molar-refractivity contribution < 1.29 is 9.90 Å². The number of aryl methyl sites for hydroxylation is 2. The minimum Gasteiger partial charge on any atom is -0.481 e. The highest BCUT2D eigenvalue weighted by atomic mass is 16.4. The zero-order valence-corrected chi connectivity index (χ0v) is 19.4. The van der Waals surface area contributed by atoms with Crippen molar-refractivity contribution in [3.05, 3.63) is 65.9 Å². The van der Waals surface area contributed by atoms with Crippen LogP contribution >= 0.6 is 0 Å². The maximum absolute atomic E-state index is 11.6. The molecule has 2 unspecified atom stereocenters. The lowest BCUT2D eigenvalue weighted by atomic mass is 9.94. The number of nitrogens with zero attached hydrogens (tertiary/aromatic N) is 5. The van der Waals surface area contributed by atoms with E-state index in [2.05, 4.69) is 32.4 Å². The fraction of sp³-hybridized carbons (Fsp3) is 0.462. The normalized spacial score (nSPS) is 18.9. The Morgan fingerprint density at radius 1 is 1.26 bits per heavy atom. The number of carboxylic acid groups (broad SMARTS) is 1. The Hall–Kier alpha value is -3.26. The minimum absolute atomic E-state index is 0.0619. The number of hydrogen-bond donors (Lipinski definition) is 2. The van der Waals surface area contributed by atoms with Crippen molar-refractivity contribution in [1.29, 1.82) is 0 Å². The van der Waals surface area contributed by atoms with E-state index in [0.29, 0.717) is 5.92 Å². The number of anilines is 1. The molecular formula is C26H32N6O2. The molecule has 5 rings (SSSR count). The Morgan fingerprint density at radius 2 is 2.21 bits per heavy atom. The van der Waals surface area contributed by atoms with Gasteiger partial charge in [0.15, 0.2) is 0 Å². The predicted molar refractivity (Wildman–Crippen MR) is 130 cm³/mol. The molecule has 0 saturated carbocycles. The van der Waals surface area contributed by atoms with E-state index < -0.39 is 5.97 Å². The lowest BCUT2D eigenvalue weighted by Gasteiger charge is -2.23. The molecule has 1 aromatic carbocycles. The Balaban J connectivity index is 1.19. The number of carbonyl (C=O) groups is 1. The highest BCUT2D eigenvalue weighted by Crippen LogP contribution is 2.28. The number of benzene rings is 1. The van der Waals surface area contributed by atoms with Gasteiger partial charge in [-0.05, 0) is 73.9 Å². The molecule has 2 N–H and O–H groups in total. The summed E-state index contributed by atoms with van der Waals surface area (Å²) < 4.78 is 1.71. The van der Waals surface area contributed by atoms with Gasteiger partial charge in [0.25, 0.3) is 0 Å². The van der Waals surface area contributed by atoms with Crippen molar-refractivity contribution in [3.8, 4) is 5.69 Å². The van der Waals surface area contributed by atoms with E-state index >= 15 is 0 Å². The van der Waals surface area contributed by atoms with Gasteiger partial charge >= 0.3 is 5.97 Å². The molecule has 1 fully saturated rings. The molecule has 2 aliphatic heterocycles. The maximum atomic E-state index is 11.6. The first-order valence-corrected chi connectivity index (χ1v) is 12.3. The molecule has 0 bridgehead atoms. The van der Waals surface area contributed by atoms with Gasteiger partial charge in [0.2, 0.25) is 0 Å². The third-order valence-corrected chi connectivity index (χ3v) is 7.06. The largest absolute Gasteiger partial charge is 0.481 e. The fourth-order valence-corrected chi connectivity index (χ4v) is 5.25. The van der Waals surface area contributed by atoms with Crippen molar-refractivity contribution >= 4 is 11.8 Å². The van der Waals surface area contributed by atoms with Crippen LogP contribution in [0.4, 0.5) is 5.82 Å². The molecule has 2 atom stereocenters. The summed E-state index contributed by atoms with van der Waals surface area (Å²) in [7, 11) is 0. The van der Waals surface area contributed by atoms with Gasteiger partial charge in [-0.15, -0.1) is 0 Å². The minimum atomic E-state index is -0.765. The van der Waals surface area contributed by atoms with Crippen LogP contribution in [0, 0.1) is 5.92 Å². The highest BCUT2D eigenvalue weighted by molar-refractivity contribution is 5.68. The van der Waals surface area contributed by atoms with E-state index in [9.17, 15) is 9.90 Å². The van der Waals surface area contributed by atoms with E-state index in [1.807, 2.05) is 24.3 Å². The average molecular weight is 461 g/mol. The molecule has 4 heterocycles. The van der Waals surface area contributed by atoms with Crippen LogP contribution in [-0.4, -0.2) is 61.9 Å². The second-order valence-corrected chi connectivity index (χ2v) is 9.52. The zero-order chi connectivity index (χ0) is 23.3. The Morgan fingerprint density at radius 3 is 3.06 bits per heavy atom. The molecule has 178 valence electrons. The van der Waals surface area contributed by atoms with Crippen molar-refractivity contribution in [2.24, 2.45) is 5.92 Å². The van der Waals surface area contributed by atoms with Crippen LogP contribution < -0.4 is 5.32 Å². The van der Waals surface area contributed by atoms with Gasteiger partial charge < -0.3 is 15.3 Å². The number of rotatable bonds is 9. The molecule has 0 spiro atoms. The van der Waals surface area contributed by atoms with Crippen LogP contribution in [0.3, 0.4) is 0 Å². The van der Waals surface area contributed by atoms with Crippen LogP contribution in [-0.2, 0) is 17.6 Å².